The van der Waals surface area contributed by atoms with E-state index in [1.54, 1.807) is 0 Å². The molecule has 0 unspecified atom stereocenters. The highest BCUT2D eigenvalue weighted by Gasteiger charge is 2.53. The third kappa shape index (κ3) is 3.81. The average molecular weight is 451 g/mol. The van der Waals surface area contributed by atoms with Crippen molar-refractivity contribution < 1.29 is 4.79 Å². The van der Waals surface area contributed by atoms with Crippen LogP contribution >= 0.6 is 0 Å². The number of fused-ring (bicyclic) bond motifs is 7. The number of unbranched alkanes of at least 4 members (excludes halogenated alkanes) is 1. The van der Waals surface area contributed by atoms with Crippen molar-refractivity contribution in [2.45, 2.75) is 57.4 Å². The van der Waals surface area contributed by atoms with Crippen molar-refractivity contribution in [3.63, 3.8) is 0 Å². The van der Waals surface area contributed by atoms with E-state index in [0.717, 1.165) is 29.5 Å². The van der Waals surface area contributed by atoms with Gasteiger partial charge in [0.25, 0.3) is 5.91 Å². The molecule has 6 rings (SSSR count). The Bertz CT molecular complexity index is 1170. The zero-order valence-corrected chi connectivity index (χ0v) is 20.0. The number of anilines is 2. The van der Waals surface area contributed by atoms with Gasteiger partial charge in [-0.05, 0) is 103 Å². The molecule has 2 aliphatic carbocycles. The van der Waals surface area contributed by atoms with Gasteiger partial charge in [-0.3, -0.25) is 4.79 Å². The van der Waals surface area contributed by atoms with Crippen LogP contribution in [0.2, 0.25) is 0 Å². The summed E-state index contributed by atoms with van der Waals surface area (Å²) < 4.78 is 0. The van der Waals surface area contributed by atoms with Crippen LogP contribution in [0.1, 0.15) is 78.0 Å². The van der Waals surface area contributed by atoms with Crippen LogP contribution in [0.5, 0.6) is 0 Å². The van der Waals surface area contributed by atoms with Gasteiger partial charge in [0.05, 0.1) is 6.04 Å². The van der Waals surface area contributed by atoms with Gasteiger partial charge in [0.1, 0.15) is 0 Å². The first kappa shape index (κ1) is 21.5. The molecule has 5 atom stereocenters. The Morgan fingerprint density at radius 3 is 2.56 bits per heavy atom. The van der Waals surface area contributed by atoms with Crippen molar-refractivity contribution in [2.24, 2.45) is 17.8 Å². The van der Waals surface area contributed by atoms with Crippen LogP contribution in [0.25, 0.3) is 0 Å². The van der Waals surface area contributed by atoms with Gasteiger partial charge >= 0.3 is 0 Å². The second-order valence-corrected chi connectivity index (χ2v) is 10.5. The predicted octanol–water partition coefficient (Wildman–Crippen LogP) is 7.58. The van der Waals surface area contributed by atoms with Gasteiger partial charge in [0.15, 0.2) is 0 Å². The molecule has 1 aliphatic heterocycles. The minimum Gasteiger partial charge on any atom is -0.378 e. The summed E-state index contributed by atoms with van der Waals surface area (Å²) in [5, 5.41) is 6.99. The quantitative estimate of drug-likeness (QED) is 0.406. The van der Waals surface area contributed by atoms with Crippen LogP contribution in [0.15, 0.2) is 72.8 Å². The van der Waals surface area contributed by atoms with Gasteiger partial charge in [0, 0.05) is 16.9 Å². The summed E-state index contributed by atoms with van der Waals surface area (Å²) in [4.78, 5) is 13.2. The van der Waals surface area contributed by atoms with Gasteiger partial charge in [-0.25, -0.2) is 0 Å². The molecule has 3 aliphatic rings. The van der Waals surface area contributed by atoms with Crippen molar-refractivity contribution >= 4 is 17.3 Å². The second kappa shape index (κ2) is 8.94. The van der Waals surface area contributed by atoms with E-state index in [2.05, 4.69) is 72.2 Å². The Balaban J connectivity index is 1.26. The molecule has 3 aromatic carbocycles. The third-order valence-corrected chi connectivity index (χ3v) is 8.54. The van der Waals surface area contributed by atoms with E-state index in [9.17, 15) is 4.79 Å². The molecule has 3 nitrogen and oxygen atoms in total. The van der Waals surface area contributed by atoms with Crippen LogP contribution in [0.3, 0.4) is 0 Å². The summed E-state index contributed by atoms with van der Waals surface area (Å²) in [5.74, 6) is 2.67. The van der Waals surface area contributed by atoms with Crippen LogP contribution < -0.4 is 10.6 Å². The van der Waals surface area contributed by atoms with Crippen molar-refractivity contribution in [1.82, 2.24) is 0 Å². The summed E-state index contributed by atoms with van der Waals surface area (Å²) in [6.45, 7) is 2.21. The highest BCUT2D eigenvalue weighted by molar-refractivity contribution is 6.04. The molecule has 2 fully saturated rings. The Kier molecular flexibility index (Phi) is 5.64. The number of hydrogen-bond donors (Lipinski definition) is 2. The summed E-state index contributed by atoms with van der Waals surface area (Å²) in [6, 6.07) is 25.9. The summed E-state index contributed by atoms with van der Waals surface area (Å²) in [6.07, 6.45) is 7.50. The topological polar surface area (TPSA) is 41.1 Å². The maximum Gasteiger partial charge on any atom is 0.255 e. The van der Waals surface area contributed by atoms with E-state index in [4.69, 9.17) is 0 Å². The summed E-state index contributed by atoms with van der Waals surface area (Å²) >= 11 is 0. The Morgan fingerprint density at radius 1 is 0.971 bits per heavy atom. The van der Waals surface area contributed by atoms with E-state index in [0.29, 0.717) is 17.9 Å². The molecule has 1 amide bonds. The highest BCUT2D eigenvalue weighted by Crippen LogP contribution is 2.63. The maximum absolute atomic E-state index is 13.2. The number of benzene rings is 3. The van der Waals surface area contributed by atoms with E-state index >= 15 is 0 Å². The second-order valence-electron chi connectivity index (χ2n) is 10.5. The Hall–Kier alpha value is -3.07. The number of rotatable bonds is 6. The molecule has 3 heteroatoms. The first-order valence-corrected chi connectivity index (χ1v) is 13.1. The fourth-order valence-electron chi connectivity index (χ4n) is 6.96. The lowest BCUT2D eigenvalue weighted by molar-refractivity contribution is 0.102. The van der Waals surface area contributed by atoms with E-state index in [1.807, 2.05) is 18.2 Å². The number of amides is 1. The lowest BCUT2D eigenvalue weighted by atomic mass is 9.68. The van der Waals surface area contributed by atoms with Crippen molar-refractivity contribution in [2.75, 3.05) is 10.6 Å². The normalized spacial score (nSPS) is 26.4. The molecule has 3 aromatic rings. The van der Waals surface area contributed by atoms with Gasteiger partial charge in [0.2, 0.25) is 0 Å². The molecule has 0 aromatic heterocycles. The largest absolute Gasteiger partial charge is 0.378 e. The first-order chi connectivity index (χ1) is 16.7. The smallest absolute Gasteiger partial charge is 0.255 e. The predicted molar refractivity (Wildman–Crippen MR) is 139 cm³/mol. The van der Waals surface area contributed by atoms with Crippen LogP contribution in [0, 0.1) is 17.8 Å². The standard InChI is InChI=1S/C31H34N2O/c1-2-3-7-20-10-15-25(16-11-20)32-31(34)24-14-17-27-26(19-24)28-22-12-13-23(18-22)29(28)30(33-27)21-8-5-4-6-9-21/h4-6,8-11,14-17,19,22-23,28-30,33H,2-3,7,12-13,18H2,1H3,(H,32,34)/t22-,23-,28-,29+,30+/m0/s1. The minimum absolute atomic E-state index is 0.0194. The molecule has 2 bridgehead atoms. The zero-order valence-electron chi connectivity index (χ0n) is 20.0. The molecule has 2 saturated carbocycles. The van der Waals surface area contributed by atoms with Crippen molar-refractivity contribution in [3.8, 4) is 0 Å². The number of hydrogen-bond acceptors (Lipinski definition) is 2. The average Bonchev–Trinajstić information content (AvgIpc) is 3.51. The molecule has 0 saturated heterocycles. The highest BCUT2D eigenvalue weighted by atomic mass is 16.1. The third-order valence-electron chi connectivity index (χ3n) is 8.54. The number of nitrogens with one attached hydrogen (secondary N) is 2. The first-order valence-electron chi connectivity index (χ1n) is 13.1. The van der Waals surface area contributed by atoms with E-state index in [1.165, 1.54) is 54.5 Å². The molecule has 2 N–H and O–H groups in total. The minimum atomic E-state index is -0.0194. The molecule has 0 radical (unpaired) electrons. The fraction of sp³-hybridized carbons (Fsp3) is 0.387. The SMILES string of the molecule is CCCCc1ccc(NC(=O)c2ccc3c(c2)[C@@H]2[C@H]4CC[C@@H](C4)[C@H]2[C@@H](c2ccccc2)N3)cc1. The molecule has 0 spiro atoms. The van der Waals surface area contributed by atoms with Gasteiger partial charge < -0.3 is 10.6 Å². The Labute approximate surface area is 203 Å². The lowest BCUT2D eigenvalue weighted by Crippen LogP contribution is -2.35. The number of aryl methyl sites for hydroxylation is 1. The van der Waals surface area contributed by atoms with Gasteiger partial charge in [-0.2, -0.15) is 0 Å². The number of carbonyl (C=O) groups excluding carboxylic acids is 1. The van der Waals surface area contributed by atoms with E-state index in [-0.39, 0.29) is 5.91 Å². The maximum atomic E-state index is 13.2. The van der Waals surface area contributed by atoms with Crippen molar-refractivity contribution in [3.05, 3.63) is 95.1 Å². The van der Waals surface area contributed by atoms with Crippen LogP contribution in [-0.4, -0.2) is 5.91 Å². The summed E-state index contributed by atoms with van der Waals surface area (Å²) in [5.41, 5.74) is 6.90. The van der Waals surface area contributed by atoms with E-state index < -0.39 is 0 Å². The zero-order chi connectivity index (χ0) is 23.1. The van der Waals surface area contributed by atoms with Crippen LogP contribution in [-0.2, 0) is 6.42 Å². The fourth-order valence-corrected chi connectivity index (χ4v) is 6.96. The molecule has 34 heavy (non-hydrogen) atoms. The lowest BCUT2D eigenvalue weighted by Gasteiger charge is -2.43. The number of carbonyl (C=O) groups is 1. The van der Waals surface area contributed by atoms with Crippen molar-refractivity contribution in [1.29, 1.82) is 0 Å². The monoisotopic (exact) mass is 450 g/mol. The van der Waals surface area contributed by atoms with Gasteiger partial charge in [-0.15, -0.1) is 0 Å². The molecule has 1 heterocycles. The summed E-state index contributed by atoms with van der Waals surface area (Å²) in [7, 11) is 0. The molecular formula is C31H34N2O. The molecular weight excluding hydrogens is 416 g/mol. The Morgan fingerprint density at radius 2 is 1.76 bits per heavy atom. The van der Waals surface area contributed by atoms with Gasteiger partial charge in [-0.1, -0.05) is 55.8 Å². The van der Waals surface area contributed by atoms with Crippen LogP contribution in [0.4, 0.5) is 11.4 Å². The molecule has 174 valence electrons.